The summed E-state index contributed by atoms with van der Waals surface area (Å²) in [6.45, 7) is 0. The van der Waals surface area contributed by atoms with Crippen LogP contribution in [0.5, 0.6) is 5.75 Å². The Kier molecular flexibility index (Phi) is 2.47. The van der Waals surface area contributed by atoms with Gasteiger partial charge in [-0.2, -0.15) is 0 Å². The van der Waals surface area contributed by atoms with Crippen LogP contribution in [-0.4, -0.2) is 16.2 Å². The lowest BCUT2D eigenvalue weighted by molar-refractivity contribution is 0.102. The van der Waals surface area contributed by atoms with Gasteiger partial charge in [0.15, 0.2) is 0 Å². The highest BCUT2D eigenvalue weighted by atomic mass is 16.5. The number of carbonyl (C=O) groups excluding carboxylic acids is 1. The first kappa shape index (κ1) is 10.0. The summed E-state index contributed by atoms with van der Waals surface area (Å²) in [5, 5.41) is 15.2. The van der Waals surface area contributed by atoms with E-state index in [1.807, 2.05) is 0 Å². The molecule has 0 atom stereocenters. The number of carbonyl (C=O) groups is 1. The van der Waals surface area contributed by atoms with Gasteiger partial charge in [0.1, 0.15) is 17.7 Å². The van der Waals surface area contributed by atoms with Gasteiger partial charge in [-0.05, 0) is 18.2 Å². The van der Waals surface area contributed by atoms with E-state index in [1.54, 1.807) is 0 Å². The summed E-state index contributed by atoms with van der Waals surface area (Å²) < 4.78 is 4.56. The zero-order valence-corrected chi connectivity index (χ0v) is 8.18. The summed E-state index contributed by atoms with van der Waals surface area (Å²) in [6, 6.07) is 4.15. The normalized spacial score (nSPS) is 10.0. The van der Waals surface area contributed by atoms with Crippen molar-refractivity contribution in [1.82, 2.24) is 5.16 Å². The number of phenols is 1. The summed E-state index contributed by atoms with van der Waals surface area (Å²) in [5.41, 5.74) is 6.51. The van der Waals surface area contributed by atoms with E-state index < -0.39 is 5.91 Å². The number of nitrogens with two attached hydrogens (primary N) is 1. The number of phenolic OH excluding ortho intramolecular Hbond substituents is 1. The SMILES string of the molecule is Nc1ccc(O)cc1C(=O)Nc1cnoc1. The second-order valence-electron chi connectivity index (χ2n) is 3.14. The van der Waals surface area contributed by atoms with Crippen LogP contribution in [0.4, 0.5) is 11.4 Å². The van der Waals surface area contributed by atoms with Crippen molar-refractivity contribution in [2.45, 2.75) is 0 Å². The maximum atomic E-state index is 11.7. The third-order valence-corrected chi connectivity index (χ3v) is 1.97. The van der Waals surface area contributed by atoms with Crippen LogP contribution in [0, 0.1) is 0 Å². The second-order valence-corrected chi connectivity index (χ2v) is 3.14. The number of hydrogen-bond acceptors (Lipinski definition) is 5. The van der Waals surface area contributed by atoms with Crippen molar-refractivity contribution >= 4 is 17.3 Å². The van der Waals surface area contributed by atoms with Gasteiger partial charge in [-0.25, -0.2) is 0 Å². The highest BCUT2D eigenvalue weighted by molar-refractivity contribution is 6.07. The minimum Gasteiger partial charge on any atom is -0.508 e. The Morgan fingerprint density at radius 3 is 3.00 bits per heavy atom. The lowest BCUT2D eigenvalue weighted by atomic mass is 10.1. The molecule has 0 saturated carbocycles. The van der Waals surface area contributed by atoms with Crippen LogP contribution in [0.3, 0.4) is 0 Å². The van der Waals surface area contributed by atoms with Crippen molar-refractivity contribution in [3.05, 3.63) is 36.2 Å². The molecule has 1 aromatic heterocycles. The number of nitrogens with zero attached hydrogens (tertiary/aromatic N) is 1. The van der Waals surface area contributed by atoms with Crippen molar-refractivity contribution in [2.24, 2.45) is 0 Å². The number of amides is 1. The van der Waals surface area contributed by atoms with Gasteiger partial charge in [0.25, 0.3) is 5.91 Å². The molecule has 1 aromatic carbocycles. The summed E-state index contributed by atoms with van der Waals surface area (Å²) in [7, 11) is 0. The molecule has 16 heavy (non-hydrogen) atoms. The Morgan fingerprint density at radius 1 is 1.50 bits per heavy atom. The van der Waals surface area contributed by atoms with Gasteiger partial charge in [-0.15, -0.1) is 0 Å². The van der Waals surface area contributed by atoms with E-state index >= 15 is 0 Å². The molecule has 0 fully saturated rings. The Morgan fingerprint density at radius 2 is 2.31 bits per heavy atom. The predicted octanol–water partition coefficient (Wildman–Crippen LogP) is 1.21. The molecular weight excluding hydrogens is 210 g/mol. The number of anilines is 2. The average Bonchev–Trinajstić information content (AvgIpc) is 2.74. The van der Waals surface area contributed by atoms with Gasteiger partial charge in [-0.3, -0.25) is 4.79 Å². The number of rotatable bonds is 2. The first-order valence-corrected chi connectivity index (χ1v) is 4.46. The molecule has 0 unspecified atom stereocenters. The maximum Gasteiger partial charge on any atom is 0.258 e. The van der Waals surface area contributed by atoms with E-state index in [1.165, 1.54) is 30.7 Å². The summed E-state index contributed by atoms with van der Waals surface area (Å²) in [5.74, 6) is -0.457. The van der Waals surface area contributed by atoms with Crippen LogP contribution < -0.4 is 11.1 Å². The fourth-order valence-electron chi connectivity index (χ4n) is 1.21. The molecule has 0 aliphatic carbocycles. The van der Waals surface area contributed by atoms with E-state index in [9.17, 15) is 9.90 Å². The average molecular weight is 219 g/mol. The van der Waals surface area contributed by atoms with Gasteiger partial charge in [0, 0.05) is 5.69 Å². The molecule has 4 N–H and O–H groups in total. The Hall–Kier alpha value is -2.50. The predicted molar refractivity (Wildman–Crippen MR) is 57.0 cm³/mol. The second kappa shape index (κ2) is 3.93. The van der Waals surface area contributed by atoms with E-state index in [0.29, 0.717) is 5.69 Å². The summed E-state index contributed by atoms with van der Waals surface area (Å²) in [4.78, 5) is 11.7. The van der Waals surface area contributed by atoms with Crippen LogP contribution >= 0.6 is 0 Å². The molecule has 6 heteroatoms. The number of nitrogen functional groups attached to an aromatic ring is 1. The third-order valence-electron chi connectivity index (χ3n) is 1.97. The molecule has 6 nitrogen and oxygen atoms in total. The van der Waals surface area contributed by atoms with Crippen molar-refractivity contribution in [1.29, 1.82) is 0 Å². The fraction of sp³-hybridized carbons (Fsp3) is 0. The number of aromatic nitrogens is 1. The number of hydrogen-bond donors (Lipinski definition) is 3. The molecule has 0 spiro atoms. The first-order valence-electron chi connectivity index (χ1n) is 4.46. The van der Waals surface area contributed by atoms with E-state index in [2.05, 4.69) is 15.0 Å². The summed E-state index contributed by atoms with van der Waals surface area (Å²) in [6.07, 6.45) is 2.65. The molecule has 0 bridgehead atoms. The molecule has 0 saturated heterocycles. The molecule has 1 amide bonds. The zero-order valence-electron chi connectivity index (χ0n) is 8.18. The Labute approximate surface area is 90.7 Å². The van der Waals surface area contributed by atoms with Gasteiger partial charge >= 0.3 is 0 Å². The fourth-order valence-corrected chi connectivity index (χ4v) is 1.21. The van der Waals surface area contributed by atoms with E-state index in [-0.39, 0.29) is 17.0 Å². The molecule has 82 valence electrons. The number of nitrogens with one attached hydrogen (secondary N) is 1. The lowest BCUT2D eigenvalue weighted by Crippen LogP contribution is -2.13. The lowest BCUT2D eigenvalue weighted by Gasteiger charge is -2.05. The minimum atomic E-state index is -0.434. The number of aromatic hydroxyl groups is 1. The Bertz CT molecular complexity index is 508. The molecule has 2 rings (SSSR count). The first-order chi connectivity index (χ1) is 7.66. The van der Waals surface area contributed by atoms with Gasteiger partial charge in [0.05, 0.1) is 11.8 Å². The van der Waals surface area contributed by atoms with E-state index in [0.717, 1.165) is 0 Å². The minimum absolute atomic E-state index is 0.0235. The molecule has 0 aliphatic heterocycles. The quantitative estimate of drug-likeness (QED) is 0.520. The van der Waals surface area contributed by atoms with Crippen molar-refractivity contribution < 1.29 is 14.4 Å². The maximum absolute atomic E-state index is 11.7. The van der Waals surface area contributed by atoms with Crippen molar-refractivity contribution in [2.75, 3.05) is 11.1 Å². The van der Waals surface area contributed by atoms with Crippen molar-refractivity contribution in [3.8, 4) is 5.75 Å². The van der Waals surface area contributed by atoms with Crippen LogP contribution in [-0.2, 0) is 0 Å². The summed E-state index contributed by atoms with van der Waals surface area (Å²) >= 11 is 0. The largest absolute Gasteiger partial charge is 0.508 e. The van der Waals surface area contributed by atoms with Crippen LogP contribution in [0.15, 0.2) is 35.2 Å². The van der Waals surface area contributed by atoms with Crippen LogP contribution in [0.2, 0.25) is 0 Å². The molecule has 0 aliphatic rings. The Balaban J connectivity index is 2.24. The number of benzene rings is 1. The zero-order chi connectivity index (χ0) is 11.5. The topological polar surface area (TPSA) is 101 Å². The smallest absolute Gasteiger partial charge is 0.258 e. The highest BCUT2D eigenvalue weighted by Crippen LogP contribution is 2.19. The van der Waals surface area contributed by atoms with Crippen LogP contribution in [0.25, 0.3) is 0 Å². The van der Waals surface area contributed by atoms with Crippen LogP contribution in [0.1, 0.15) is 10.4 Å². The molecule has 2 aromatic rings. The van der Waals surface area contributed by atoms with Gasteiger partial charge < -0.3 is 20.7 Å². The van der Waals surface area contributed by atoms with Gasteiger partial charge in [-0.1, -0.05) is 5.16 Å². The molecular formula is C10H9N3O3. The molecule has 0 radical (unpaired) electrons. The van der Waals surface area contributed by atoms with E-state index in [4.69, 9.17) is 5.73 Å². The molecule has 1 heterocycles. The van der Waals surface area contributed by atoms with Gasteiger partial charge in [0.2, 0.25) is 0 Å². The highest BCUT2D eigenvalue weighted by Gasteiger charge is 2.11. The van der Waals surface area contributed by atoms with Crippen molar-refractivity contribution in [3.63, 3.8) is 0 Å². The monoisotopic (exact) mass is 219 g/mol. The standard InChI is InChI=1S/C10H9N3O3/c11-9-2-1-7(14)3-8(9)10(15)13-6-4-12-16-5-6/h1-5,14H,11H2,(H,13,15). The third kappa shape index (κ3) is 1.95.